The second-order valence-corrected chi connectivity index (χ2v) is 2.55. The van der Waals surface area contributed by atoms with E-state index in [9.17, 15) is 9.90 Å². The lowest BCUT2D eigenvalue weighted by Gasteiger charge is -2.26. The number of ether oxygens (including phenoxy) is 1. The van der Waals surface area contributed by atoms with Gasteiger partial charge >= 0.3 is 6.09 Å². The van der Waals surface area contributed by atoms with E-state index in [1.54, 1.807) is 13.1 Å². The summed E-state index contributed by atoms with van der Waals surface area (Å²) in [4.78, 5) is 12.3. The average Bonchev–Trinajstić information content (AvgIpc) is 2.05. The highest BCUT2D eigenvalue weighted by atomic mass is 16.6. The number of hydrogen-bond acceptors (Lipinski definition) is 3. The summed E-state index contributed by atoms with van der Waals surface area (Å²) in [6, 6.07) is 0. The maximum atomic E-state index is 11.1. The summed E-state index contributed by atoms with van der Waals surface area (Å²) in [5.74, 6) is 0. The molecule has 1 atom stereocenters. The fraction of sp³-hybridized carbons (Fsp3) is 0.625. The molecule has 0 bridgehead atoms. The molecule has 0 radical (unpaired) electrons. The molecule has 0 saturated carbocycles. The first-order valence-corrected chi connectivity index (χ1v) is 4.05. The summed E-state index contributed by atoms with van der Waals surface area (Å²) in [6.07, 6.45) is 3.57. The van der Waals surface area contributed by atoms with E-state index in [0.717, 1.165) is 6.42 Å². The number of amides is 1. The first-order valence-electron chi connectivity index (χ1n) is 4.05. The molecule has 1 amide bonds. The Bertz CT molecular complexity index is 191. The molecule has 0 saturated heterocycles. The summed E-state index contributed by atoms with van der Waals surface area (Å²) >= 11 is 0. The van der Waals surface area contributed by atoms with Crippen molar-refractivity contribution >= 4 is 6.09 Å². The maximum Gasteiger partial charge on any atom is 0.415 e. The molecule has 1 heterocycles. The number of aliphatic hydroxyl groups is 1. The molecular formula is C8H13NO3. The molecule has 0 aromatic heterocycles. The van der Waals surface area contributed by atoms with Gasteiger partial charge in [-0.05, 0) is 19.8 Å². The number of carbonyl (C=O) groups excluding carboxylic acids is 1. The van der Waals surface area contributed by atoms with Gasteiger partial charge in [-0.1, -0.05) is 6.08 Å². The average molecular weight is 171 g/mol. The molecule has 1 aliphatic heterocycles. The van der Waals surface area contributed by atoms with E-state index in [1.165, 1.54) is 4.90 Å². The van der Waals surface area contributed by atoms with Crippen LogP contribution in [0.25, 0.3) is 0 Å². The van der Waals surface area contributed by atoms with Gasteiger partial charge < -0.3 is 9.84 Å². The highest BCUT2D eigenvalue weighted by molar-refractivity contribution is 5.69. The third-order valence-electron chi connectivity index (χ3n) is 1.66. The molecule has 4 nitrogen and oxygen atoms in total. The van der Waals surface area contributed by atoms with E-state index in [0.29, 0.717) is 13.0 Å². The summed E-state index contributed by atoms with van der Waals surface area (Å²) in [5.41, 5.74) is 0. The van der Waals surface area contributed by atoms with Crippen LogP contribution in [0.2, 0.25) is 0 Å². The van der Waals surface area contributed by atoms with Crippen molar-refractivity contribution in [3.05, 3.63) is 12.3 Å². The molecule has 0 aliphatic carbocycles. The molecule has 0 aromatic rings. The van der Waals surface area contributed by atoms with Gasteiger partial charge in [0.1, 0.15) is 6.23 Å². The van der Waals surface area contributed by atoms with Crippen molar-refractivity contribution in [1.82, 2.24) is 4.90 Å². The standard InChI is InChI=1S/C8H13NO3/c1-2-12-8(11)9-6-4-3-5-7(9)10/h4,6-7,10H,2-3,5H2,1H3/t7-/m1/s1. The van der Waals surface area contributed by atoms with Crippen molar-refractivity contribution in [2.24, 2.45) is 0 Å². The molecule has 0 fully saturated rings. The van der Waals surface area contributed by atoms with Crippen LogP contribution in [-0.4, -0.2) is 28.9 Å². The van der Waals surface area contributed by atoms with Gasteiger partial charge in [-0.2, -0.15) is 0 Å². The van der Waals surface area contributed by atoms with E-state index in [4.69, 9.17) is 4.74 Å². The van der Waals surface area contributed by atoms with Crippen molar-refractivity contribution in [2.45, 2.75) is 26.0 Å². The molecular weight excluding hydrogens is 158 g/mol. The van der Waals surface area contributed by atoms with Crippen LogP contribution in [0.5, 0.6) is 0 Å². The van der Waals surface area contributed by atoms with E-state index in [-0.39, 0.29) is 0 Å². The topological polar surface area (TPSA) is 49.8 Å². The van der Waals surface area contributed by atoms with Crippen molar-refractivity contribution < 1.29 is 14.6 Å². The molecule has 68 valence electrons. The summed E-state index contributed by atoms with van der Waals surface area (Å²) in [7, 11) is 0. The van der Waals surface area contributed by atoms with Gasteiger partial charge in [-0.25, -0.2) is 4.79 Å². The lowest BCUT2D eigenvalue weighted by atomic mass is 10.2. The van der Waals surface area contributed by atoms with Gasteiger partial charge in [0.15, 0.2) is 0 Å². The fourth-order valence-corrected chi connectivity index (χ4v) is 1.05. The van der Waals surface area contributed by atoms with Crippen molar-refractivity contribution in [1.29, 1.82) is 0 Å². The number of nitrogens with zero attached hydrogens (tertiary/aromatic N) is 1. The van der Waals surface area contributed by atoms with E-state index in [1.807, 2.05) is 6.08 Å². The first-order chi connectivity index (χ1) is 5.75. The van der Waals surface area contributed by atoms with Crippen LogP contribution < -0.4 is 0 Å². The monoisotopic (exact) mass is 171 g/mol. The second kappa shape index (κ2) is 4.11. The third-order valence-corrected chi connectivity index (χ3v) is 1.66. The van der Waals surface area contributed by atoms with Crippen molar-refractivity contribution in [3.63, 3.8) is 0 Å². The van der Waals surface area contributed by atoms with Gasteiger partial charge in [0.2, 0.25) is 0 Å². The molecule has 0 aromatic carbocycles. The Hall–Kier alpha value is -1.03. The van der Waals surface area contributed by atoms with E-state index >= 15 is 0 Å². The maximum absolute atomic E-state index is 11.1. The zero-order valence-corrected chi connectivity index (χ0v) is 7.06. The minimum absolute atomic E-state index is 0.329. The summed E-state index contributed by atoms with van der Waals surface area (Å²) in [6.45, 7) is 2.06. The zero-order chi connectivity index (χ0) is 8.97. The van der Waals surface area contributed by atoms with Gasteiger partial charge in [0, 0.05) is 6.20 Å². The molecule has 1 aliphatic rings. The van der Waals surface area contributed by atoms with Crippen LogP contribution in [0.4, 0.5) is 4.79 Å². The molecule has 1 rings (SSSR count). The van der Waals surface area contributed by atoms with Gasteiger partial charge in [-0.3, -0.25) is 4.90 Å². The minimum Gasteiger partial charge on any atom is -0.449 e. The quantitative estimate of drug-likeness (QED) is 0.642. The number of carbonyl (C=O) groups is 1. The van der Waals surface area contributed by atoms with Crippen molar-refractivity contribution in [3.8, 4) is 0 Å². The molecule has 0 unspecified atom stereocenters. The number of hydrogen-bond donors (Lipinski definition) is 1. The predicted molar refractivity (Wildman–Crippen MR) is 43.2 cm³/mol. The fourth-order valence-electron chi connectivity index (χ4n) is 1.05. The Morgan fingerprint density at radius 3 is 3.17 bits per heavy atom. The zero-order valence-electron chi connectivity index (χ0n) is 7.06. The van der Waals surface area contributed by atoms with Crippen LogP contribution in [0.3, 0.4) is 0 Å². The summed E-state index contributed by atoms with van der Waals surface area (Å²) in [5, 5.41) is 9.34. The third kappa shape index (κ3) is 1.98. The van der Waals surface area contributed by atoms with E-state index in [2.05, 4.69) is 0 Å². The van der Waals surface area contributed by atoms with Crippen LogP contribution in [-0.2, 0) is 4.74 Å². The predicted octanol–water partition coefficient (Wildman–Crippen LogP) is 1.07. The second-order valence-electron chi connectivity index (χ2n) is 2.55. The first kappa shape index (κ1) is 9.06. The Kier molecular flexibility index (Phi) is 3.10. The Balaban J connectivity index is 2.53. The Labute approximate surface area is 71.4 Å². The minimum atomic E-state index is -0.728. The summed E-state index contributed by atoms with van der Waals surface area (Å²) < 4.78 is 4.73. The molecule has 1 N–H and O–H groups in total. The number of allylic oxidation sites excluding steroid dienone is 1. The number of aliphatic hydroxyl groups excluding tert-OH is 1. The van der Waals surface area contributed by atoms with Crippen LogP contribution in [0.1, 0.15) is 19.8 Å². The highest BCUT2D eigenvalue weighted by Gasteiger charge is 2.21. The Morgan fingerprint density at radius 2 is 2.58 bits per heavy atom. The highest BCUT2D eigenvalue weighted by Crippen LogP contribution is 2.13. The molecule has 4 heteroatoms. The Morgan fingerprint density at radius 1 is 1.83 bits per heavy atom. The largest absolute Gasteiger partial charge is 0.449 e. The lowest BCUT2D eigenvalue weighted by molar-refractivity contribution is 0.0177. The van der Waals surface area contributed by atoms with E-state index < -0.39 is 12.3 Å². The molecule has 12 heavy (non-hydrogen) atoms. The van der Waals surface area contributed by atoms with Crippen molar-refractivity contribution in [2.75, 3.05) is 6.61 Å². The van der Waals surface area contributed by atoms with Gasteiger partial charge in [0.25, 0.3) is 0 Å². The smallest absolute Gasteiger partial charge is 0.415 e. The normalized spacial score (nSPS) is 22.5. The van der Waals surface area contributed by atoms with Crippen LogP contribution in [0, 0.1) is 0 Å². The number of rotatable bonds is 1. The van der Waals surface area contributed by atoms with Gasteiger partial charge in [-0.15, -0.1) is 0 Å². The van der Waals surface area contributed by atoms with Gasteiger partial charge in [0.05, 0.1) is 6.61 Å². The lowest BCUT2D eigenvalue weighted by Crippen LogP contribution is -2.37. The SMILES string of the molecule is CCOC(=O)N1C=CCC[C@H]1O. The molecule has 0 spiro atoms. The van der Waals surface area contributed by atoms with Crippen LogP contribution >= 0.6 is 0 Å². The van der Waals surface area contributed by atoms with Crippen LogP contribution in [0.15, 0.2) is 12.3 Å².